The summed E-state index contributed by atoms with van der Waals surface area (Å²) in [6.07, 6.45) is 5.26. The minimum absolute atomic E-state index is 0.232. The Morgan fingerprint density at radius 1 is 1.15 bits per heavy atom. The van der Waals surface area contributed by atoms with Crippen LogP contribution >= 0.6 is 0 Å². The summed E-state index contributed by atoms with van der Waals surface area (Å²) in [5, 5.41) is 25.5. The molecule has 4 N–H and O–H groups in total. The lowest BCUT2D eigenvalue weighted by Crippen LogP contribution is -2.48. The number of carboxylic acids is 1. The van der Waals surface area contributed by atoms with E-state index >= 15 is 0 Å². The van der Waals surface area contributed by atoms with Gasteiger partial charge in [-0.15, -0.1) is 0 Å². The Labute approximate surface area is 230 Å². The van der Waals surface area contributed by atoms with E-state index in [1.165, 1.54) is 10.5 Å². The molecule has 0 radical (unpaired) electrons. The van der Waals surface area contributed by atoms with Gasteiger partial charge in [0.1, 0.15) is 24.2 Å². The first-order valence-corrected chi connectivity index (χ1v) is 14.1. The van der Waals surface area contributed by atoms with Crippen molar-refractivity contribution in [3.63, 3.8) is 0 Å². The minimum Gasteiger partial charge on any atom is -0.492 e. The number of rotatable bonds is 14. The number of para-hydroxylation sites is 1. The largest absolute Gasteiger partial charge is 0.492 e. The Morgan fingerprint density at radius 2 is 2.00 bits per heavy atom. The van der Waals surface area contributed by atoms with E-state index < -0.39 is 24.1 Å². The number of carbonyl (C=O) groups is 2. The van der Waals surface area contributed by atoms with Gasteiger partial charge < -0.3 is 30.5 Å². The summed E-state index contributed by atoms with van der Waals surface area (Å²) in [5.74, 6) is 0.757. The SMILES string of the molecule is O=C(O)[C@H](CCN(CCCCc1ccc2c(n1)NCCC2)CCOc1ccccc1)NC(=O)N1CC[C@@H](O)C1. The number of fused-ring (bicyclic) bond motifs is 1. The molecule has 2 atom stereocenters. The summed E-state index contributed by atoms with van der Waals surface area (Å²) < 4.78 is 5.89. The number of nitrogens with zero attached hydrogens (tertiary/aromatic N) is 3. The van der Waals surface area contributed by atoms with Gasteiger partial charge in [0, 0.05) is 38.4 Å². The molecule has 2 aliphatic rings. The summed E-state index contributed by atoms with van der Waals surface area (Å²) in [6.45, 7) is 4.07. The predicted octanol–water partition coefficient (Wildman–Crippen LogP) is 2.76. The highest BCUT2D eigenvalue weighted by molar-refractivity contribution is 5.82. The molecule has 10 heteroatoms. The van der Waals surface area contributed by atoms with Crippen molar-refractivity contribution < 1.29 is 24.5 Å². The molecule has 0 bridgehead atoms. The summed E-state index contributed by atoms with van der Waals surface area (Å²) in [5.41, 5.74) is 2.37. The molecular formula is C29H41N5O5. The van der Waals surface area contributed by atoms with Crippen LogP contribution in [-0.2, 0) is 17.6 Å². The number of β-amino-alcohol motifs (C(OH)–C–C–N with tert-alkyl or cyclic N) is 1. The molecule has 4 rings (SSSR count). The Hall–Kier alpha value is -3.37. The quantitative estimate of drug-likeness (QED) is 0.270. The molecule has 0 saturated carbocycles. The normalized spacial score (nSPS) is 17.4. The van der Waals surface area contributed by atoms with E-state index in [2.05, 4.69) is 27.7 Å². The molecule has 39 heavy (non-hydrogen) atoms. The van der Waals surface area contributed by atoms with Gasteiger partial charge in [0.25, 0.3) is 0 Å². The maximum Gasteiger partial charge on any atom is 0.326 e. The molecule has 1 fully saturated rings. The zero-order valence-electron chi connectivity index (χ0n) is 22.6. The van der Waals surface area contributed by atoms with Crippen molar-refractivity contribution in [1.82, 2.24) is 20.1 Å². The van der Waals surface area contributed by atoms with E-state index in [0.717, 1.165) is 62.5 Å². The van der Waals surface area contributed by atoms with Gasteiger partial charge in [0.15, 0.2) is 0 Å². The topological polar surface area (TPSA) is 127 Å². The zero-order chi connectivity index (χ0) is 27.5. The Balaban J connectivity index is 1.27. The molecule has 2 aliphatic heterocycles. The molecule has 3 heterocycles. The van der Waals surface area contributed by atoms with Crippen LogP contribution < -0.4 is 15.4 Å². The molecule has 1 saturated heterocycles. The molecule has 2 amide bonds. The second-order valence-corrected chi connectivity index (χ2v) is 10.3. The summed E-state index contributed by atoms with van der Waals surface area (Å²) in [4.78, 5) is 32.9. The first kappa shape index (κ1) is 28.6. The predicted molar refractivity (Wildman–Crippen MR) is 149 cm³/mol. The molecule has 0 unspecified atom stereocenters. The van der Waals surface area contributed by atoms with Crippen LogP contribution in [0, 0.1) is 0 Å². The number of hydrogen-bond acceptors (Lipinski definition) is 7. The Kier molecular flexibility index (Phi) is 10.8. The summed E-state index contributed by atoms with van der Waals surface area (Å²) in [6, 6.07) is 12.5. The van der Waals surface area contributed by atoms with Gasteiger partial charge in [-0.25, -0.2) is 14.6 Å². The number of aliphatic hydroxyl groups is 1. The highest BCUT2D eigenvalue weighted by atomic mass is 16.5. The zero-order valence-corrected chi connectivity index (χ0v) is 22.6. The van der Waals surface area contributed by atoms with Crippen molar-refractivity contribution in [1.29, 1.82) is 0 Å². The number of unbranched alkanes of at least 4 members (excludes halogenated alkanes) is 1. The van der Waals surface area contributed by atoms with E-state index in [9.17, 15) is 19.8 Å². The fraction of sp³-hybridized carbons (Fsp3) is 0.552. The standard InChI is InChI=1S/C29H41N5O5/c35-24-13-18-34(21-24)29(38)32-26(28(36)37)14-17-33(19-20-39-25-9-2-1-3-10-25)16-5-4-8-23-12-11-22-7-6-15-30-27(22)31-23/h1-3,9-12,24,26,35H,4-8,13-21H2,(H,30,31)(H,32,38)(H,36,37)/t24-,26+/m1/s1. The molecule has 0 aliphatic carbocycles. The Bertz CT molecular complexity index is 1070. The number of likely N-dealkylation sites (tertiary alicyclic amines) is 1. The van der Waals surface area contributed by atoms with Crippen molar-refractivity contribution >= 4 is 17.8 Å². The Morgan fingerprint density at radius 3 is 2.77 bits per heavy atom. The highest BCUT2D eigenvalue weighted by Gasteiger charge is 2.28. The number of pyridine rings is 1. The fourth-order valence-corrected chi connectivity index (χ4v) is 5.03. The number of aryl methyl sites for hydroxylation is 2. The number of nitrogens with one attached hydrogen (secondary N) is 2. The van der Waals surface area contributed by atoms with E-state index in [1.807, 2.05) is 30.3 Å². The number of aromatic nitrogens is 1. The second-order valence-electron chi connectivity index (χ2n) is 10.3. The van der Waals surface area contributed by atoms with Crippen molar-refractivity contribution in [3.8, 4) is 5.75 Å². The number of amides is 2. The van der Waals surface area contributed by atoms with Crippen molar-refractivity contribution in [2.45, 2.75) is 57.1 Å². The number of ether oxygens (including phenoxy) is 1. The van der Waals surface area contributed by atoms with Crippen molar-refractivity contribution in [2.75, 3.05) is 51.2 Å². The molecule has 0 spiro atoms. The monoisotopic (exact) mass is 539 g/mol. The molecule has 10 nitrogen and oxygen atoms in total. The highest BCUT2D eigenvalue weighted by Crippen LogP contribution is 2.20. The van der Waals surface area contributed by atoms with E-state index in [0.29, 0.717) is 32.7 Å². The molecule has 212 valence electrons. The number of urea groups is 1. The van der Waals surface area contributed by atoms with Gasteiger partial charge >= 0.3 is 12.0 Å². The van der Waals surface area contributed by atoms with E-state index in [4.69, 9.17) is 9.72 Å². The van der Waals surface area contributed by atoms with Crippen LogP contribution in [0.5, 0.6) is 5.75 Å². The van der Waals surface area contributed by atoms with Gasteiger partial charge in [-0.3, -0.25) is 4.90 Å². The van der Waals surface area contributed by atoms with Crippen molar-refractivity contribution in [2.24, 2.45) is 0 Å². The maximum absolute atomic E-state index is 12.5. The first-order valence-electron chi connectivity index (χ1n) is 14.1. The minimum atomic E-state index is -1.06. The fourth-order valence-electron chi connectivity index (χ4n) is 5.03. The van der Waals surface area contributed by atoms with Crippen LogP contribution in [0.4, 0.5) is 10.6 Å². The molecule has 1 aromatic heterocycles. The van der Waals surface area contributed by atoms with Gasteiger partial charge in [-0.05, 0) is 75.3 Å². The third-order valence-electron chi connectivity index (χ3n) is 7.31. The van der Waals surface area contributed by atoms with Crippen LogP contribution in [0.15, 0.2) is 42.5 Å². The third-order valence-corrected chi connectivity index (χ3v) is 7.31. The smallest absolute Gasteiger partial charge is 0.326 e. The van der Waals surface area contributed by atoms with Crippen LogP contribution in [-0.4, -0.2) is 95.0 Å². The number of carboxylic acid groups (broad SMARTS) is 1. The average molecular weight is 540 g/mol. The maximum atomic E-state index is 12.5. The number of hydrogen-bond donors (Lipinski definition) is 4. The van der Waals surface area contributed by atoms with Gasteiger partial charge in [-0.1, -0.05) is 24.3 Å². The lowest BCUT2D eigenvalue weighted by atomic mass is 10.1. The summed E-state index contributed by atoms with van der Waals surface area (Å²) >= 11 is 0. The van der Waals surface area contributed by atoms with E-state index in [-0.39, 0.29) is 13.0 Å². The van der Waals surface area contributed by atoms with E-state index in [1.54, 1.807) is 0 Å². The van der Waals surface area contributed by atoms with Crippen LogP contribution in [0.2, 0.25) is 0 Å². The van der Waals surface area contributed by atoms with Gasteiger partial charge in [0.2, 0.25) is 0 Å². The van der Waals surface area contributed by atoms with Gasteiger partial charge in [-0.2, -0.15) is 0 Å². The molecule has 1 aromatic carbocycles. The third kappa shape index (κ3) is 9.11. The molecule has 2 aromatic rings. The number of carbonyl (C=O) groups excluding carboxylic acids is 1. The average Bonchev–Trinajstić information content (AvgIpc) is 3.39. The second kappa shape index (κ2) is 14.7. The van der Waals surface area contributed by atoms with Crippen molar-refractivity contribution in [3.05, 3.63) is 53.7 Å². The number of aliphatic hydroxyl groups excluding tert-OH is 1. The first-order chi connectivity index (χ1) is 19.0. The lowest BCUT2D eigenvalue weighted by Gasteiger charge is -2.25. The van der Waals surface area contributed by atoms with Crippen LogP contribution in [0.1, 0.15) is 43.4 Å². The summed E-state index contributed by atoms with van der Waals surface area (Å²) in [7, 11) is 0. The van der Waals surface area contributed by atoms with Crippen LogP contribution in [0.3, 0.4) is 0 Å². The number of benzene rings is 1. The van der Waals surface area contributed by atoms with Gasteiger partial charge in [0.05, 0.1) is 6.10 Å². The number of anilines is 1. The van der Waals surface area contributed by atoms with Crippen LogP contribution in [0.25, 0.3) is 0 Å². The molecular weight excluding hydrogens is 498 g/mol. The lowest BCUT2D eigenvalue weighted by molar-refractivity contribution is -0.139. The number of aliphatic carboxylic acids is 1.